The molecule has 1 aliphatic heterocycles. The number of carbonyl (C=O) groups is 1. The summed E-state index contributed by atoms with van der Waals surface area (Å²) in [6.07, 6.45) is 1.64. The maximum absolute atomic E-state index is 13.5. The molecule has 0 atom stereocenters. The van der Waals surface area contributed by atoms with E-state index in [1.165, 1.54) is 11.4 Å². The second-order valence-corrected chi connectivity index (χ2v) is 11.2. The van der Waals surface area contributed by atoms with Gasteiger partial charge in [-0.25, -0.2) is 17.9 Å². The Hall–Kier alpha value is -3.76. The summed E-state index contributed by atoms with van der Waals surface area (Å²) in [5, 5.41) is 7.53. The predicted molar refractivity (Wildman–Crippen MR) is 142 cm³/mol. The van der Waals surface area contributed by atoms with Gasteiger partial charge < -0.3 is 10.1 Å². The lowest BCUT2D eigenvalue weighted by molar-refractivity contribution is 0.102. The van der Waals surface area contributed by atoms with Gasteiger partial charge in [-0.2, -0.15) is 9.40 Å². The SMILES string of the molecule is COc1ccc(-c2c(C(=O)Nc3cccc(C)c3)nn3c(C)cc(C)nc23)cc1S(=O)(=O)N1CCCC1. The summed E-state index contributed by atoms with van der Waals surface area (Å²) in [5.74, 6) is -0.166. The molecule has 1 N–H and O–H groups in total. The van der Waals surface area contributed by atoms with E-state index in [0.717, 1.165) is 29.8 Å². The Labute approximate surface area is 216 Å². The highest BCUT2D eigenvalue weighted by Gasteiger charge is 2.31. The Morgan fingerprint density at radius 1 is 1.03 bits per heavy atom. The highest BCUT2D eigenvalue weighted by atomic mass is 32.2. The van der Waals surface area contributed by atoms with Gasteiger partial charge in [0.25, 0.3) is 5.91 Å². The van der Waals surface area contributed by atoms with Crippen LogP contribution < -0.4 is 10.1 Å². The van der Waals surface area contributed by atoms with Gasteiger partial charge in [0.05, 0.1) is 12.7 Å². The average Bonchev–Trinajstić information content (AvgIpc) is 3.53. The van der Waals surface area contributed by atoms with Crippen molar-refractivity contribution in [3.8, 4) is 16.9 Å². The minimum Gasteiger partial charge on any atom is -0.495 e. The minimum atomic E-state index is -3.79. The van der Waals surface area contributed by atoms with Crippen LogP contribution in [0.1, 0.15) is 40.3 Å². The van der Waals surface area contributed by atoms with E-state index >= 15 is 0 Å². The fourth-order valence-corrected chi connectivity index (χ4v) is 6.46. The van der Waals surface area contributed by atoms with E-state index in [1.807, 2.05) is 51.1 Å². The summed E-state index contributed by atoms with van der Waals surface area (Å²) in [6.45, 7) is 6.64. The number of nitrogens with zero attached hydrogens (tertiary/aromatic N) is 4. The lowest BCUT2D eigenvalue weighted by Gasteiger charge is -2.18. The fourth-order valence-electron chi connectivity index (χ4n) is 4.76. The summed E-state index contributed by atoms with van der Waals surface area (Å²) in [5.41, 5.74) is 4.80. The molecule has 1 saturated heterocycles. The summed E-state index contributed by atoms with van der Waals surface area (Å²) < 4.78 is 35.6. The first-order valence-corrected chi connectivity index (χ1v) is 13.6. The Balaban J connectivity index is 1.70. The first kappa shape index (κ1) is 24.9. The molecule has 1 fully saturated rings. The number of anilines is 1. The Bertz CT molecular complexity index is 1620. The molecular weight excluding hydrogens is 490 g/mol. The van der Waals surface area contributed by atoms with Gasteiger partial charge in [-0.05, 0) is 75.1 Å². The third kappa shape index (κ3) is 4.58. The zero-order chi connectivity index (χ0) is 26.3. The molecule has 2 aromatic carbocycles. The van der Waals surface area contributed by atoms with Crippen molar-refractivity contribution in [3.63, 3.8) is 0 Å². The number of nitrogens with one attached hydrogen (secondary N) is 1. The second-order valence-electron chi connectivity index (χ2n) is 9.30. The van der Waals surface area contributed by atoms with E-state index in [0.29, 0.717) is 35.6 Å². The molecule has 192 valence electrons. The average molecular weight is 520 g/mol. The van der Waals surface area contributed by atoms with Crippen LogP contribution in [0.5, 0.6) is 5.75 Å². The van der Waals surface area contributed by atoms with Crippen LogP contribution in [0.4, 0.5) is 5.69 Å². The van der Waals surface area contributed by atoms with Gasteiger partial charge in [-0.3, -0.25) is 4.79 Å². The summed E-state index contributed by atoms with van der Waals surface area (Å²) >= 11 is 0. The maximum Gasteiger partial charge on any atom is 0.276 e. The first-order chi connectivity index (χ1) is 17.7. The van der Waals surface area contributed by atoms with E-state index in [9.17, 15) is 13.2 Å². The highest BCUT2D eigenvalue weighted by Crippen LogP contribution is 2.36. The monoisotopic (exact) mass is 519 g/mol. The van der Waals surface area contributed by atoms with Crippen molar-refractivity contribution < 1.29 is 17.9 Å². The third-order valence-electron chi connectivity index (χ3n) is 6.52. The van der Waals surface area contributed by atoms with Crippen molar-refractivity contribution in [1.82, 2.24) is 18.9 Å². The molecule has 0 saturated carbocycles. The number of ether oxygens (including phenoxy) is 1. The van der Waals surface area contributed by atoms with Crippen molar-refractivity contribution >= 4 is 27.3 Å². The summed E-state index contributed by atoms with van der Waals surface area (Å²) in [4.78, 5) is 18.3. The fraction of sp³-hybridized carbons (Fsp3) is 0.296. The Kier molecular flexibility index (Phi) is 6.47. The molecule has 3 heterocycles. The zero-order valence-corrected chi connectivity index (χ0v) is 22.1. The van der Waals surface area contributed by atoms with Crippen LogP contribution in [0.15, 0.2) is 53.4 Å². The normalized spacial score (nSPS) is 14.3. The minimum absolute atomic E-state index is 0.0585. The van der Waals surface area contributed by atoms with Gasteiger partial charge >= 0.3 is 0 Å². The molecule has 2 aromatic heterocycles. The van der Waals surface area contributed by atoms with Gasteiger partial charge in [0, 0.05) is 30.2 Å². The second kappa shape index (κ2) is 9.60. The standard InChI is InChI=1S/C27H29N5O4S/c1-17-8-7-9-21(14-17)29-27(33)25-24(26-28-18(2)15-19(3)32(26)30-25)20-10-11-22(36-4)23(16-20)37(34,35)31-12-5-6-13-31/h7-11,14-16H,5-6,12-13H2,1-4H3,(H,29,33). The number of rotatable bonds is 6. The number of methoxy groups -OCH3 is 1. The largest absolute Gasteiger partial charge is 0.495 e. The van der Waals surface area contributed by atoms with E-state index in [4.69, 9.17) is 4.74 Å². The Morgan fingerprint density at radius 3 is 2.49 bits per heavy atom. The van der Waals surface area contributed by atoms with Gasteiger partial charge in [0.15, 0.2) is 11.3 Å². The lowest BCUT2D eigenvalue weighted by Crippen LogP contribution is -2.28. The number of carbonyl (C=O) groups excluding carboxylic acids is 1. The van der Waals surface area contributed by atoms with Gasteiger partial charge in [0.1, 0.15) is 10.6 Å². The molecule has 5 rings (SSSR count). The molecule has 0 spiro atoms. The van der Waals surface area contributed by atoms with E-state index in [-0.39, 0.29) is 16.3 Å². The predicted octanol–water partition coefficient (Wildman–Crippen LogP) is 4.37. The highest BCUT2D eigenvalue weighted by molar-refractivity contribution is 7.89. The molecule has 9 nitrogen and oxygen atoms in total. The van der Waals surface area contributed by atoms with Crippen molar-refractivity contribution in [3.05, 3.63) is 71.2 Å². The van der Waals surface area contributed by atoms with Crippen LogP contribution in [-0.4, -0.2) is 53.4 Å². The molecular formula is C27H29N5O4S. The number of sulfonamides is 1. The topological polar surface area (TPSA) is 106 Å². The number of hydrogen-bond acceptors (Lipinski definition) is 6. The summed E-state index contributed by atoms with van der Waals surface area (Å²) in [6, 6.07) is 14.3. The molecule has 1 amide bonds. The number of aromatic nitrogens is 3. The van der Waals surface area contributed by atoms with E-state index in [1.54, 1.807) is 22.7 Å². The number of benzene rings is 2. The molecule has 0 radical (unpaired) electrons. The van der Waals surface area contributed by atoms with Crippen LogP contribution in [0.3, 0.4) is 0 Å². The Morgan fingerprint density at radius 2 is 1.78 bits per heavy atom. The van der Waals surface area contributed by atoms with Crippen LogP contribution in [-0.2, 0) is 10.0 Å². The number of amides is 1. The quantitative estimate of drug-likeness (QED) is 0.406. The van der Waals surface area contributed by atoms with Gasteiger partial charge in [-0.1, -0.05) is 18.2 Å². The first-order valence-electron chi connectivity index (χ1n) is 12.1. The van der Waals surface area contributed by atoms with Gasteiger partial charge in [-0.15, -0.1) is 0 Å². The zero-order valence-electron chi connectivity index (χ0n) is 21.3. The molecule has 4 aromatic rings. The molecule has 37 heavy (non-hydrogen) atoms. The van der Waals surface area contributed by atoms with E-state index in [2.05, 4.69) is 15.4 Å². The number of fused-ring (bicyclic) bond motifs is 1. The van der Waals surface area contributed by atoms with E-state index < -0.39 is 15.9 Å². The molecule has 0 bridgehead atoms. The smallest absolute Gasteiger partial charge is 0.276 e. The van der Waals surface area contributed by atoms with Crippen LogP contribution >= 0.6 is 0 Å². The molecule has 10 heteroatoms. The van der Waals surface area contributed by atoms with Crippen LogP contribution in [0, 0.1) is 20.8 Å². The molecule has 0 unspecified atom stereocenters. The van der Waals surface area contributed by atoms with Crippen molar-refractivity contribution in [1.29, 1.82) is 0 Å². The third-order valence-corrected chi connectivity index (χ3v) is 8.44. The lowest BCUT2D eigenvalue weighted by atomic mass is 10.0. The van der Waals surface area contributed by atoms with Crippen molar-refractivity contribution in [2.45, 2.75) is 38.5 Å². The molecule has 1 aliphatic rings. The van der Waals surface area contributed by atoms with Crippen LogP contribution in [0.25, 0.3) is 16.8 Å². The van der Waals surface area contributed by atoms with Crippen molar-refractivity contribution in [2.75, 3.05) is 25.5 Å². The van der Waals surface area contributed by atoms with Gasteiger partial charge in [0.2, 0.25) is 10.0 Å². The maximum atomic E-state index is 13.5. The molecule has 0 aliphatic carbocycles. The van der Waals surface area contributed by atoms with Crippen molar-refractivity contribution in [2.24, 2.45) is 0 Å². The van der Waals surface area contributed by atoms with Crippen LogP contribution in [0.2, 0.25) is 0 Å². The number of hydrogen-bond donors (Lipinski definition) is 1. The number of aryl methyl sites for hydroxylation is 3. The summed E-state index contributed by atoms with van der Waals surface area (Å²) in [7, 11) is -2.34.